The number of ketones is 3. The van der Waals surface area contributed by atoms with Gasteiger partial charge in [-0.25, -0.2) is 0 Å². The summed E-state index contributed by atoms with van der Waals surface area (Å²) in [4.78, 5) is 83.6. The molecule has 4 aromatic heterocycles. The number of rotatable bonds is 9. The predicted molar refractivity (Wildman–Crippen MR) is 277 cm³/mol. The summed E-state index contributed by atoms with van der Waals surface area (Å²) in [6, 6.07) is 44.3. The van der Waals surface area contributed by atoms with E-state index in [1.54, 1.807) is 79.4 Å². The highest BCUT2D eigenvalue weighted by atomic mass is 16.1. The molecule has 0 atom stereocenters. The maximum absolute atomic E-state index is 13.8. The fourth-order valence-corrected chi connectivity index (χ4v) is 6.51. The monoisotopic (exact) mass is 916 g/mol. The van der Waals surface area contributed by atoms with Crippen molar-refractivity contribution in [3.05, 3.63) is 264 Å². The molecule has 8 rings (SSSR count). The van der Waals surface area contributed by atoms with Gasteiger partial charge in [0, 0.05) is 52.7 Å². The number of hydrogen-bond donors (Lipinski definition) is 0. The summed E-state index contributed by atoms with van der Waals surface area (Å²) >= 11 is 0. The first kappa shape index (κ1) is 56.1. The molecular formula is C59H56N4O6. The van der Waals surface area contributed by atoms with E-state index in [0.29, 0.717) is 44.9 Å². The van der Waals surface area contributed by atoms with Gasteiger partial charge in [0.15, 0.2) is 0 Å². The Kier molecular flexibility index (Phi) is 24.6. The van der Waals surface area contributed by atoms with Crippen molar-refractivity contribution in [1.82, 2.24) is 19.9 Å². The molecule has 0 saturated carbocycles. The van der Waals surface area contributed by atoms with Crippen molar-refractivity contribution in [2.75, 3.05) is 0 Å². The Bertz CT molecular complexity index is 2880. The minimum atomic E-state index is -0.262. The Morgan fingerprint density at radius 3 is 1.20 bits per heavy atom. The number of benzene rings is 4. The lowest BCUT2D eigenvalue weighted by Gasteiger charge is -2.16. The molecular weight excluding hydrogens is 861 g/mol. The van der Waals surface area contributed by atoms with Gasteiger partial charge in [0.05, 0.1) is 0 Å². The summed E-state index contributed by atoms with van der Waals surface area (Å²) in [6.07, 6.45) is 7.42. The maximum atomic E-state index is 13.8. The van der Waals surface area contributed by atoms with E-state index in [4.69, 9.17) is 9.59 Å². The highest BCUT2D eigenvalue weighted by molar-refractivity contribution is 6.16. The summed E-state index contributed by atoms with van der Waals surface area (Å²) in [5.74, 6) is -0.498. The molecule has 0 aliphatic rings. The van der Waals surface area contributed by atoms with Crippen molar-refractivity contribution in [3.63, 3.8) is 0 Å². The third-order valence-corrected chi connectivity index (χ3v) is 9.86. The van der Waals surface area contributed by atoms with E-state index in [-0.39, 0.29) is 17.3 Å². The maximum Gasteiger partial charge on any atom is 0.211 e. The normalized spacial score (nSPS) is 9.35. The highest BCUT2D eigenvalue weighted by Crippen LogP contribution is 2.34. The zero-order valence-electron chi connectivity index (χ0n) is 39.7. The second kappa shape index (κ2) is 30.2. The number of hydrogen-bond acceptors (Lipinski definition) is 10. The zero-order valence-corrected chi connectivity index (χ0v) is 39.7. The van der Waals surface area contributed by atoms with Gasteiger partial charge >= 0.3 is 0 Å². The van der Waals surface area contributed by atoms with Crippen molar-refractivity contribution in [2.45, 2.75) is 34.6 Å². The van der Waals surface area contributed by atoms with E-state index in [1.807, 2.05) is 139 Å². The third-order valence-electron chi connectivity index (χ3n) is 9.86. The quantitative estimate of drug-likeness (QED) is 0.0776. The molecule has 0 spiro atoms. The SMILES string of the molecule is C=C.C=C.C=O.C=O.Cc1ccc(-c2ccc(-c3ccc(C)c(C=O)c3)cc2C(=O)c2ccccn2)c(C(=O)c2ccccn2)c1.Cc1ccc(C)c(C(=O)c2ccccn2)c1.Cc1ccccn1. The molecule has 8 aromatic rings. The molecule has 0 aliphatic heterocycles. The standard InChI is InChI=1S/C33H24N2O3.C14H13NO.C6H7N.2C2H4.2CH2O/c1-21-9-13-26(28(17-21)32(37)30-7-3-5-15-34-30)27-14-12-24(23-11-10-22(2)25(18-23)20-36)19-29(27)33(38)31-8-4-6-16-35-31;1-10-6-7-11(2)12(9-10)14(16)13-5-3-4-8-15-13;1-6-4-2-3-5-7-6;4*1-2/h3-20H,1-2H3;3-9H,1-2H3;2-5H,1H3;2*1-2H2;2*1H2. The van der Waals surface area contributed by atoms with Crippen LogP contribution in [0.25, 0.3) is 22.3 Å². The molecule has 348 valence electrons. The van der Waals surface area contributed by atoms with Crippen LogP contribution in [0.4, 0.5) is 0 Å². The van der Waals surface area contributed by atoms with Crippen LogP contribution in [0.3, 0.4) is 0 Å². The average Bonchev–Trinajstić information content (AvgIpc) is 3.42. The van der Waals surface area contributed by atoms with Crippen LogP contribution in [0.1, 0.15) is 86.5 Å². The van der Waals surface area contributed by atoms with E-state index < -0.39 is 0 Å². The number of aromatic nitrogens is 4. The molecule has 0 fully saturated rings. The van der Waals surface area contributed by atoms with E-state index in [9.17, 15) is 19.2 Å². The number of carbonyl (C=O) groups excluding carboxylic acids is 6. The van der Waals surface area contributed by atoms with Gasteiger partial charge in [0.25, 0.3) is 0 Å². The van der Waals surface area contributed by atoms with E-state index in [0.717, 1.165) is 50.9 Å². The van der Waals surface area contributed by atoms with Crippen molar-refractivity contribution in [3.8, 4) is 22.3 Å². The lowest BCUT2D eigenvalue weighted by molar-refractivity contribution is -0.0987. The molecule has 0 bridgehead atoms. The molecule has 0 N–H and O–H groups in total. The predicted octanol–water partition coefficient (Wildman–Crippen LogP) is 12.3. The smallest absolute Gasteiger partial charge is 0.211 e. The molecule has 0 saturated heterocycles. The second-order valence-electron chi connectivity index (χ2n) is 14.4. The zero-order chi connectivity index (χ0) is 51.3. The fraction of sp³-hybridized carbons (Fsp3) is 0.0847. The van der Waals surface area contributed by atoms with Crippen LogP contribution < -0.4 is 0 Å². The molecule has 69 heavy (non-hydrogen) atoms. The molecule has 0 unspecified atom stereocenters. The topological polar surface area (TPSA) is 154 Å². The second-order valence-corrected chi connectivity index (χ2v) is 14.4. The Hall–Kier alpha value is -9.02. The van der Waals surface area contributed by atoms with Crippen LogP contribution in [0.15, 0.2) is 197 Å². The van der Waals surface area contributed by atoms with Crippen LogP contribution in [0.2, 0.25) is 0 Å². The third kappa shape index (κ3) is 16.1. The summed E-state index contributed by atoms with van der Waals surface area (Å²) in [7, 11) is 0. The summed E-state index contributed by atoms with van der Waals surface area (Å²) in [5, 5.41) is 0. The van der Waals surface area contributed by atoms with E-state index >= 15 is 0 Å². The highest BCUT2D eigenvalue weighted by Gasteiger charge is 2.23. The average molecular weight is 917 g/mol. The van der Waals surface area contributed by atoms with Crippen LogP contribution in [0.5, 0.6) is 0 Å². The summed E-state index contributed by atoms with van der Waals surface area (Å²) in [6.45, 7) is 25.7. The molecule has 0 aliphatic carbocycles. The van der Waals surface area contributed by atoms with E-state index in [1.165, 1.54) is 0 Å². The largest absolute Gasteiger partial charge is 0.307 e. The molecule has 0 radical (unpaired) electrons. The van der Waals surface area contributed by atoms with Gasteiger partial charge in [-0.15, -0.1) is 26.3 Å². The van der Waals surface area contributed by atoms with Crippen molar-refractivity contribution in [1.29, 1.82) is 0 Å². The fourth-order valence-electron chi connectivity index (χ4n) is 6.51. The number of aryl methyl sites for hydroxylation is 5. The number of aldehydes is 1. The Morgan fingerprint density at radius 2 is 0.783 bits per heavy atom. The van der Waals surface area contributed by atoms with Crippen LogP contribution >= 0.6 is 0 Å². The van der Waals surface area contributed by atoms with Gasteiger partial charge in [-0.05, 0) is 141 Å². The first-order chi connectivity index (χ1) is 33.5. The number of carbonyl (C=O) groups is 6. The molecule has 4 aromatic carbocycles. The van der Waals surface area contributed by atoms with E-state index in [2.05, 4.69) is 46.3 Å². The molecule has 0 amide bonds. The number of pyridine rings is 4. The molecule has 4 heterocycles. The van der Waals surface area contributed by atoms with Gasteiger partial charge in [-0.2, -0.15) is 0 Å². The van der Waals surface area contributed by atoms with Crippen LogP contribution in [0, 0.1) is 34.6 Å². The Labute approximate surface area is 405 Å². The lowest BCUT2D eigenvalue weighted by Crippen LogP contribution is -2.10. The lowest BCUT2D eigenvalue weighted by atomic mass is 9.87. The van der Waals surface area contributed by atoms with Crippen molar-refractivity contribution < 1.29 is 28.8 Å². The Balaban J connectivity index is 0.000000431. The first-order valence-corrected chi connectivity index (χ1v) is 21.2. The molecule has 10 nitrogen and oxygen atoms in total. The van der Waals surface area contributed by atoms with Gasteiger partial charge < -0.3 is 9.59 Å². The van der Waals surface area contributed by atoms with Crippen molar-refractivity contribution >= 4 is 37.2 Å². The first-order valence-electron chi connectivity index (χ1n) is 21.2. The van der Waals surface area contributed by atoms with Crippen molar-refractivity contribution in [2.24, 2.45) is 0 Å². The van der Waals surface area contributed by atoms with Gasteiger partial charge in [0.1, 0.15) is 36.9 Å². The summed E-state index contributed by atoms with van der Waals surface area (Å²) < 4.78 is 0. The van der Waals surface area contributed by atoms with Gasteiger partial charge in [0.2, 0.25) is 17.3 Å². The Morgan fingerprint density at radius 1 is 0.406 bits per heavy atom. The number of nitrogens with zero attached hydrogens (tertiary/aromatic N) is 4. The van der Waals surface area contributed by atoms with Crippen LogP contribution in [-0.2, 0) is 9.59 Å². The van der Waals surface area contributed by atoms with Crippen LogP contribution in [-0.4, -0.2) is 57.1 Å². The summed E-state index contributed by atoms with van der Waals surface area (Å²) in [5.41, 5.74) is 11.1. The van der Waals surface area contributed by atoms with Gasteiger partial charge in [-0.3, -0.25) is 39.1 Å². The minimum Gasteiger partial charge on any atom is -0.307 e. The minimum absolute atomic E-state index is 0.0122. The van der Waals surface area contributed by atoms with Gasteiger partial charge in [-0.1, -0.05) is 83.9 Å². The molecule has 10 heteroatoms.